The monoisotopic (exact) mass is 245 g/mol. The first-order valence-corrected chi connectivity index (χ1v) is 6.46. The van der Waals surface area contributed by atoms with Gasteiger partial charge in [-0.15, -0.1) is 0 Å². The number of hydrogen-bond acceptors (Lipinski definition) is 3. The summed E-state index contributed by atoms with van der Waals surface area (Å²) in [7, 11) is 3.90. The molecule has 0 saturated heterocycles. The summed E-state index contributed by atoms with van der Waals surface area (Å²) in [5, 5.41) is 0. The van der Waals surface area contributed by atoms with Gasteiger partial charge in [-0.05, 0) is 30.9 Å². The minimum atomic E-state index is -0.493. The summed E-state index contributed by atoms with van der Waals surface area (Å²) in [6.45, 7) is 1.10. The predicted molar refractivity (Wildman–Crippen MR) is 72.8 cm³/mol. The summed E-state index contributed by atoms with van der Waals surface area (Å²) in [5.41, 5.74) is 8.94. The fraction of sp³-hybridized carbons (Fsp3) is 0.500. The maximum absolute atomic E-state index is 11.8. The number of hydrogen-bond donors (Lipinski definition) is 1. The van der Waals surface area contributed by atoms with Gasteiger partial charge in [0.25, 0.3) is 0 Å². The van der Waals surface area contributed by atoms with E-state index in [-0.39, 0.29) is 5.91 Å². The molecule has 0 radical (unpaired) electrons. The standard InChI is InChI=1S/C14H19N3O/c1-16(8-9-3-4-9)10-5-6-11-12(7-10)17(2)14(18)13(11)15/h5-7,9,13H,3-4,8,15H2,1-2H3. The molecule has 3 rings (SSSR count). The molecule has 2 aliphatic rings. The molecule has 1 amide bonds. The lowest BCUT2D eigenvalue weighted by molar-refractivity contribution is -0.118. The van der Waals surface area contributed by atoms with Crippen molar-refractivity contribution in [1.29, 1.82) is 0 Å². The molecular weight excluding hydrogens is 226 g/mol. The third kappa shape index (κ3) is 1.77. The van der Waals surface area contributed by atoms with Gasteiger partial charge in [0.15, 0.2) is 0 Å². The lowest BCUT2D eigenvalue weighted by Gasteiger charge is -2.21. The van der Waals surface area contributed by atoms with Crippen molar-refractivity contribution in [2.24, 2.45) is 11.7 Å². The molecule has 4 nitrogen and oxygen atoms in total. The van der Waals surface area contributed by atoms with E-state index in [1.807, 2.05) is 6.07 Å². The first-order valence-electron chi connectivity index (χ1n) is 6.46. The molecule has 96 valence electrons. The molecule has 2 N–H and O–H groups in total. The van der Waals surface area contributed by atoms with Crippen LogP contribution in [0.1, 0.15) is 24.4 Å². The van der Waals surface area contributed by atoms with E-state index in [2.05, 4.69) is 24.1 Å². The lowest BCUT2D eigenvalue weighted by Crippen LogP contribution is -2.27. The quantitative estimate of drug-likeness (QED) is 0.878. The third-order valence-electron chi connectivity index (χ3n) is 3.98. The summed E-state index contributed by atoms with van der Waals surface area (Å²) in [5.74, 6) is 0.830. The number of amides is 1. The second kappa shape index (κ2) is 3.99. The zero-order valence-corrected chi connectivity index (χ0v) is 10.9. The second-order valence-electron chi connectivity index (χ2n) is 5.44. The van der Waals surface area contributed by atoms with Gasteiger partial charge in [-0.2, -0.15) is 0 Å². The largest absolute Gasteiger partial charge is 0.374 e. The van der Waals surface area contributed by atoms with Crippen LogP contribution in [0.3, 0.4) is 0 Å². The molecule has 1 saturated carbocycles. The molecule has 0 spiro atoms. The molecule has 0 aromatic heterocycles. The van der Waals surface area contributed by atoms with Crippen molar-refractivity contribution in [1.82, 2.24) is 0 Å². The Bertz CT molecular complexity index is 496. The van der Waals surface area contributed by atoms with Crippen LogP contribution < -0.4 is 15.5 Å². The molecule has 1 fully saturated rings. The van der Waals surface area contributed by atoms with Crippen molar-refractivity contribution in [2.75, 3.05) is 30.4 Å². The van der Waals surface area contributed by atoms with Gasteiger partial charge in [0.05, 0.1) is 5.69 Å². The number of fused-ring (bicyclic) bond motifs is 1. The van der Waals surface area contributed by atoms with E-state index in [4.69, 9.17) is 5.73 Å². The Hall–Kier alpha value is -1.55. The highest BCUT2D eigenvalue weighted by atomic mass is 16.2. The van der Waals surface area contributed by atoms with Crippen molar-refractivity contribution in [3.8, 4) is 0 Å². The SMILES string of the molecule is CN(CC1CC1)c1ccc2c(c1)N(C)C(=O)C2N. The van der Waals surface area contributed by atoms with Gasteiger partial charge in [-0.3, -0.25) is 4.79 Å². The van der Waals surface area contributed by atoms with E-state index in [1.165, 1.54) is 12.8 Å². The number of carbonyl (C=O) groups is 1. The lowest BCUT2D eigenvalue weighted by atomic mass is 10.1. The predicted octanol–water partition coefficient (Wildman–Crippen LogP) is 1.51. The minimum Gasteiger partial charge on any atom is -0.374 e. The summed E-state index contributed by atoms with van der Waals surface area (Å²) < 4.78 is 0. The van der Waals surface area contributed by atoms with Crippen LogP contribution in [0.25, 0.3) is 0 Å². The van der Waals surface area contributed by atoms with E-state index < -0.39 is 6.04 Å². The highest BCUT2D eigenvalue weighted by Gasteiger charge is 2.32. The van der Waals surface area contributed by atoms with E-state index in [1.54, 1.807) is 11.9 Å². The average molecular weight is 245 g/mol. The van der Waals surface area contributed by atoms with Crippen LogP contribution in [0.15, 0.2) is 18.2 Å². The molecule has 1 heterocycles. The van der Waals surface area contributed by atoms with Gasteiger partial charge in [0.2, 0.25) is 5.91 Å². The number of nitrogens with two attached hydrogens (primary N) is 1. The minimum absolute atomic E-state index is 0.0213. The zero-order chi connectivity index (χ0) is 12.9. The molecule has 1 aliphatic heterocycles. The van der Waals surface area contributed by atoms with Gasteiger partial charge in [-0.1, -0.05) is 6.07 Å². The molecule has 1 aromatic carbocycles. The van der Waals surface area contributed by atoms with Crippen LogP contribution in [0, 0.1) is 5.92 Å². The molecule has 1 aromatic rings. The van der Waals surface area contributed by atoms with Gasteiger partial charge >= 0.3 is 0 Å². The number of likely N-dealkylation sites (N-methyl/N-ethyl adjacent to an activating group) is 1. The number of anilines is 2. The molecule has 1 atom stereocenters. The average Bonchev–Trinajstić information content (AvgIpc) is 3.15. The fourth-order valence-corrected chi connectivity index (χ4v) is 2.58. The maximum Gasteiger partial charge on any atom is 0.248 e. The number of rotatable bonds is 3. The normalized spacial score (nSPS) is 22.3. The van der Waals surface area contributed by atoms with Crippen molar-refractivity contribution in [3.63, 3.8) is 0 Å². The van der Waals surface area contributed by atoms with Crippen LogP contribution >= 0.6 is 0 Å². The molecule has 4 heteroatoms. The topological polar surface area (TPSA) is 49.6 Å². The fourth-order valence-electron chi connectivity index (χ4n) is 2.58. The van der Waals surface area contributed by atoms with E-state index >= 15 is 0 Å². The first-order chi connectivity index (χ1) is 8.58. The second-order valence-corrected chi connectivity index (χ2v) is 5.44. The summed E-state index contributed by atoms with van der Waals surface area (Å²) in [6, 6.07) is 5.63. The molecule has 0 bridgehead atoms. The highest BCUT2D eigenvalue weighted by molar-refractivity contribution is 6.04. The van der Waals surface area contributed by atoms with Crippen molar-refractivity contribution in [3.05, 3.63) is 23.8 Å². The maximum atomic E-state index is 11.8. The zero-order valence-electron chi connectivity index (χ0n) is 10.9. The molecule has 1 aliphatic carbocycles. The Morgan fingerprint density at radius 1 is 1.44 bits per heavy atom. The Kier molecular flexibility index (Phi) is 2.55. The van der Waals surface area contributed by atoms with Gasteiger partial charge in [0.1, 0.15) is 6.04 Å². The van der Waals surface area contributed by atoms with Crippen LogP contribution in [0.4, 0.5) is 11.4 Å². The summed E-state index contributed by atoms with van der Waals surface area (Å²) >= 11 is 0. The van der Waals surface area contributed by atoms with Crippen LogP contribution in [-0.2, 0) is 4.79 Å². The van der Waals surface area contributed by atoms with Gasteiger partial charge in [-0.25, -0.2) is 0 Å². The summed E-state index contributed by atoms with van der Waals surface area (Å²) in [4.78, 5) is 15.7. The van der Waals surface area contributed by atoms with Crippen molar-refractivity contribution in [2.45, 2.75) is 18.9 Å². The summed E-state index contributed by atoms with van der Waals surface area (Å²) in [6.07, 6.45) is 2.69. The van der Waals surface area contributed by atoms with Crippen molar-refractivity contribution >= 4 is 17.3 Å². The highest BCUT2D eigenvalue weighted by Crippen LogP contribution is 2.37. The Labute approximate surface area is 107 Å². The van der Waals surface area contributed by atoms with Gasteiger partial charge in [0, 0.05) is 31.9 Å². The Morgan fingerprint density at radius 3 is 2.83 bits per heavy atom. The third-order valence-corrected chi connectivity index (χ3v) is 3.98. The number of benzene rings is 1. The molecular formula is C14H19N3O. The first kappa shape index (κ1) is 11.5. The molecule has 18 heavy (non-hydrogen) atoms. The smallest absolute Gasteiger partial charge is 0.248 e. The van der Waals surface area contributed by atoms with Crippen LogP contribution in [0.2, 0.25) is 0 Å². The number of carbonyl (C=O) groups excluding carboxylic acids is 1. The van der Waals surface area contributed by atoms with Crippen molar-refractivity contribution < 1.29 is 4.79 Å². The van der Waals surface area contributed by atoms with E-state index in [0.717, 1.165) is 29.4 Å². The van der Waals surface area contributed by atoms with Crippen LogP contribution in [-0.4, -0.2) is 26.5 Å². The number of nitrogens with zero attached hydrogens (tertiary/aromatic N) is 2. The Balaban J connectivity index is 1.89. The van der Waals surface area contributed by atoms with Gasteiger partial charge < -0.3 is 15.5 Å². The van der Waals surface area contributed by atoms with E-state index in [0.29, 0.717) is 0 Å². The molecule has 1 unspecified atom stereocenters. The Morgan fingerprint density at radius 2 is 2.17 bits per heavy atom. The van der Waals surface area contributed by atoms with Crippen LogP contribution in [0.5, 0.6) is 0 Å². The van der Waals surface area contributed by atoms with E-state index in [9.17, 15) is 4.79 Å².